The number of nitrogen functional groups attached to an aromatic ring is 1. The number of carbonyl (C=O) groups excluding carboxylic acids is 1. The first kappa shape index (κ1) is 14.7. The summed E-state index contributed by atoms with van der Waals surface area (Å²) in [6.07, 6.45) is 4.76. The van der Waals surface area contributed by atoms with Gasteiger partial charge in [-0.1, -0.05) is 0 Å². The maximum Gasteiger partial charge on any atom is 0.260 e. The van der Waals surface area contributed by atoms with Crippen molar-refractivity contribution in [3.63, 3.8) is 0 Å². The highest BCUT2D eigenvalue weighted by atomic mass is 32.1. The number of piperidine rings is 1. The molecule has 1 saturated heterocycles. The molecule has 21 heavy (non-hydrogen) atoms. The van der Waals surface area contributed by atoms with Crippen LogP contribution in [0.2, 0.25) is 0 Å². The highest BCUT2D eigenvalue weighted by molar-refractivity contribution is 7.18. The number of nitrogens with two attached hydrogens (primary N) is 2. The molecule has 1 saturated carbocycles. The molecule has 0 radical (unpaired) electrons. The summed E-state index contributed by atoms with van der Waals surface area (Å²) >= 11 is 1.47. The molecule has 6 heteroatoms. The van der Waals surface area contributed by atoms with Crippen molar-refractivity contribution in [1.82, 2.24) is 0 Å². The third-order valence-electron chi connectivity index (χ3n) is 4.30. The SMILES string of the molecule is CCOC1CCN(c2sc(C(N)=O)c(N)c2C2CC2)CC1. The molecule has 0 aromatic carbocycles. The highest BCUT2D eigenvalue weighted by Gasteiger charge is 2.35. The van der Waals surface area contributed by atoms with Crippen molar-refractivity contribution in [3.05, 3.63) is 10.4 Å². The Kier molecular flexibility index (Phi) is 4.08. The number of amides is 1. The van der Waals surface area contributed by atoms with Crippen LogP contribution in [0.5, 0.6) is 0 Å². The second kappa shape index (κ2) is 5.85. The Morgan fingerprint density at radius 2 is 2.00 bits per heavy atom. The molecule has 5 nitrogen and oxygen atoms in total. The third-order valence-corrected chi connectivity index (χ3v) is 5.60. The highest BCUT2D eigenvalue weighted by Crippen LogP contribution is 2.52. The summed E-state index contributed by atoms with van der Waals surface area (Å²) in [7, 11) is 0. The third kappa shape index (κ3) is 2.87. The lowest BCUT2D eigenvalue weighted by Gasteiger charge is -2.33. The minimum Gasteiger partial charge on any atom is -0.397 e. The van der Waals surface area contributed by atoms with Gasteiger partial charge in [0.1, 0.15) is 4.88 Å². The van der Waals surface area contributed by atoms with Gasteiger partial charge >= 0.3 is 0 Å². The summed E-state index contributed by atoms with van der Waals surface area (Å²) < 4.78 is 5.70. The van der Waals surface area contributed by atoms with Gasteiger partial charge in [-0.05, 0) is 38.5 Å². The number of nitrogens with zero attached hydrogens (tertiary/aromatic N) is 1. The van der Waals surface area contributed by atoms with Crippen LogP contribution in [0.4, 0.5) is 10.7 Å². The average Bonchev–Trinajstić information content (AvgIpc) is 3.23. The van der Waals surface area contributed by atoms with Crippen molar-refractivity contribution >= 4 is 27.9 Å². The summed E-state index contributed by atoms with van der Waals surface area (Å²) in [5.41, 5.74) is 13.4. The molecule has 2 heterocycles. The van der Waals surface area contributed by atoms with Crippen LogP contribution in [0.15, 0.2) is 0 Å². The first-order valence-corrected chi connectivity index (χ1v) is 8.52. The average molecular weight is 309 g/mol. The molecule has 0 unspecified atom stereocenters. The van der Waals surface area contributed by atoms with Crippen LogP contribution >= 0.6 is 11.3 Å². The fourth-order valence-corrected chi connectivity index (χ4v) is 4.30. The van der Waals surface area contributed by atoms with Gasteiger partial charge in [-0.25, -0.2) is 0 Å². The number of thiophene rings is 1. The van der Waals surface area contributed by atoms with Crippen molar-refractivity contribution in [2.24, 2.45) is 5.73 Å². The summed E-state index contributed by atoms with van der Waals surface area (Å²) in [4.78, 5) is 14.4. The second-order valence-electron chi connectivity index (χ2n) is 5.84. The van der Waals surface area contributed by atoms with Crippen LogP contribution in [0.25, 0.3) is 0 Å². The fourth-order valence-electron chi connectivity index (χ4n) is 3.09. The zero-order chi connectivity index (χ0) is 15.0. The minimum atomic E-state index is -0.408. The van der Waals surface area contributed by atoms with Gasteiger partial charge in [0.25, 0.3) is 5.91 Å². The van der Waals surface area contributed by atoms with Crippen LogP contribution in [-0.4, -0.2) is 31.7 Å². The van der Waals surface area contributed by atoms with E-state index in [4.69, 9.17) is 16.2 Å². The fraction of sp³-hybridized carbons (Fsp3) is 0.667. The Balaban J connectivity index is 1.82. The van der Waals surface area contributed by atoms with E-state index in [1.807, 2.05) is 6.92 Å². The van der Waals surface area contributed by atoms with E-state index in [1.54, 1.807) is 0 Å². The smallest absolute Gasteiger partial charge is 0.260 e. The van der Waals surface area contributed by atoms with E-state index >= 15 is 0 Å². The Bertz CT molecular complexity index is 531. The predicted molar refractivity (Wildman–Crippen MR) is 86.1 cm³/mol. The van der Waals surface area contributed by atoms with E-state index in [9.17, 15) is 4.79 Å². The van der Waals surface area contributed by atoms with E-state index in [2.05, 4.69) is 4.90 Å². The quantitative estimate of drug-likeness (QED) is 0.874. The first-order valence-electron chi connectivity index (χ1n) is 7.70. The maximum atomic E-state index is 11.6. The maximum absolute atomic E-state index is 11.6. The number of ether oxygens (including phenoxy) is 1. The van der Waals surface area contributed by atoms with E-state index in [1.165, 1.54) is 34.7 Å². The monoisotopic (exact) mass is 309 g/mol. The van der Waals surface area contributed by atoms with Crippen LogP contribution < -0.4 is 16.4 Å². The van der Waals surface area contributed by atoms with Gasteiger partial charge in [-0.15, -0.1) is 11.3 Å². The van der Waals surface area contributed by atoms with Gasteiger partial charge < -0.3 is 21.1 Å². The molecule has 1 aliphatic carbocycles. The zero-order valence-corrected chi connectivity index (χ0v) is 13.2. The molecule has 2 aliphatic rings. The molecule has 1 aliphatic heterocycles. The molecule has 3 rings (SSSR count). The lowest BCUT2D eigenvalue weighted by molar-refractivity contribution is 0.0460. The first-order chi connectivity index (χ1) is 10.1. The Morgan fingerprint density at radius 3 is 2.52 bits per heavy atom. The number of anilines is 2. The van der Waals surface area contributed by atoms with Crippen LogP contribution in [0, 0.1) is 0 Å². The van der Waals surface area contributed by atoms with Crippen molar-refractivity contribution in [2.75, 3.05) is 30.3 Å². The van der Waals surface area contributed by atoms with E-state index in [0.717, 1.165) is 32.5 Å². The molecular formula is C15H23N3O2S. The largest absolute Gasteiger partial charge is 0.397 e. The molecule has 0 atom stereocenters. The lowest BCUT2D eigenvalue weighted by atomic mass is 10.1. The molecule has 0 bridgehead atoms. The standard InChI is InChI=1S/C15H23N3O2S/c1-2-20-10-5-7-18(8-6-10)15-11(9-3-4-9)12(16)13(21-15)14(17)19/h9-10H,2-8,16H2,1H3,(H2,17,19). The molecule has 1 aromatic rings. The van der Waals surface area contributed by atoms with Gasteiger partial charge in [0.2, 0.25) is 0 Å². The summed E-state index contributed by atoms with van der Waals surface area (Å²) in [6.45, 7) is 4.73. The normalized spacial score (nSPS) is 20.0. The molecule has 116 valence electrons. The van der Waals surface area contributed by atoms with E-state index in [-0.39, 0.29) is 0 Å². The summed E-state index contributed by atoms with van der Waals surface area (Å²) in [6, 6.07) is 0. The van der Waals surface area contributed by atoms with Gasteiger partial charge in [0.15, 0.2) is 0 Å². The van der Waals surface area contributed by atoms with Crippen molar-refractivity contribution in [3.8, 4) is 0 Å². The van der Waals surface area contributed by atoms with Gasteiger partial charge in [0.05, 0.1) is 16.8 Å². The predicted octanol–water partition coefficient (Wildman–Crippen LogP) is 2.31. The number of hydrogen-bond donors (Lipinski definition) is 2. The number of hydrogen-bond acceptors (Lipinski definition) is 5. The second-order valence-corrected chi connectivity index (χ2v) is 6.84. The van der Waals surface area contributed by atoms with Crippen molar-refractivity contribution in [2.45, 2.75) is 44.6 Å². The van der Waals surface area contributed by atoms with E-state index in [0.29, 0.717) is 22.6 Å². The molecule has 1 amide bonds. The zero-order valence-electron chi connectivity index (χ0n) is 12.4. The number of carbonyl (C=O) groups is 1. The van der Waals surface area contributed by atoms with Crippen molar-refractivity contribution in [1.29, 1.82) is 0 Å². The van der Waals surface area contributed by atoms with E-state index < -0.39 is 5.91 Å². The molecule has 1 aromatic heterocycles. The van der Waals surface area contributed by atoms with Gasteiger partial charge in [0, 0.05) is 25.3 Å². The molecular weight excluding hydrogens is 286 g/mol. The lowest BCUT2D eigenvalue weighted by Crippen LogP contribution is -2.37. The summed E-state index contributed by atoms with van der Waals surface area (Å²) in [5, 5.41) is 1.17. The number of rotatable bonds is 5. The van der Waals surface area contributed by atoms with Crippen molar-refractivity contribution < 1.29 is 9.53 Å². The Labute approximate surface area is 129 Å². The topological polar surface area (TPSA) is 81.6 Å². The minimum absolute atomic E-state index is 0.364. The molecule has 2 fully saturated rings. The van der Waals surface area contributed by atoms with Crippen LogP contribution in [0.3, 0.4) is 0 Å². The summed E-state index contributed by atoms with van der Waals surface area (Å²) in [5.74, 6) is 0.115. The van der Waals surface area contributed by atoms with Gasteiger partial charge in [-0.3, -0.25) is 4.79 Å². The Morgan fingerprint density at radius 1 is 1.33 bits per heavy atom. The van der Waals surface area contributed by atoms with Gasteiger partial charge in [-0.2, -0.15) is 0 Å². The molecule has 4 N–H and O–H groups in total. The Hall–Kier alpha value is -1.27. The van der Waals surface area contributed by atoms with Crippen LogP contribution in [-0.2, 0) is 4.74 Å². The molecule has 0 spiro atoms. The number of primary amides is 1. The van der Waals surface area contributed by atoms with Crippen LogP contribution in [0.1, 0.15) is 53.8 Å².